The van der Waals surface area contributed by atoms with Crippen molar-refractivity contribution in [1.29, 1.82) is 0 Å². The van der Waals surface area contributed by atoms with Crippen LogP contribution in [0.1, 0.15) is 53.9 Å². The standard InChI is InChI=1S/C21H30O3.C2H5NO/c1-15-5-9-17(3)21(24)18(4)10-14-20(23)13-8-16(2)7-12-19(22)11-6-15;1-2(3)4/h5-8,10-11,13,17,19-20,22-23H,9,12,14H2,1-4H3;1H3,(H2,3,4)/b11-6+,13-8+,15-5+,16-7+,18-10+;/t17-,19?,20?;/m1./s1. The van der Waals surface area contributed by atoms with E-state index in [0.717, 1.165) is 11.1 Å². The third-order valence-corrected chi connectivity index (χ3v) is 4.14. The van der Waals surface area contributed by atoms with E-state index in [2.05, 4.69) is 5.73 Å². The van der Waals surface area contributed by atoms with Crippen molar-refractivity contribution >= 4 is 11.7 Å². The molecule has 0 spiro atoms. The van der Waals surface area contributed by atoms with Crippen LogP contribution >= 0.6 is 0 Å². The van der Waals surface area contributed by atoms with Crippen molar-refractivity contribution in [1.82, 2.24) is 0 Å². The van der Waals surface area contributed by atoms with E-state index in [1.54, 1.807) is 19.1 Å². The predicted molar refractivity (Wildman–Crippen MR) is 114 cm³/mol. The number of amides is 1. The quantitative estimate of drug-likeness (QED) is 0.590. The molecule has 1 aliphatic rings. The van der Waals surface area contributed by atoms with Crippen LogP contribution in [0.2, 0.25) is 0 Å². The Bertz CT molecular complexity index is 664. The van der Waals surface area contributed by atoms with Gasteiger partial charge in [-0.25, -0.2) is 0 Å². The van der Waals surface area contributed by atoms with Gasteiger partial charge in [0, 0.05) is 12.8 Å². The van der Waals surface area contributed by atoms with Crippen molar-refractivity contribution in [3.63, 3.8) is 0 Å². The van der Waals surface area contributed by atoms with Gasteiger partial charge in [0.25, 0.3) is 0 Å². The minimum Gasteiger partial charge on any atom is -0.389 e. The lowest BCUT2D eigenvalue weighted by molar-refractivity contribution is -0.118. The van der Waals surface area contributed by atoms with Gasteiger partial charge in [-0.2, -0.15) is 0 Å². The van der Waals surface area contributed by atoms with Crippen LogP contribution < -0.4 is 5.73 Å². The highest BCUT2D eigenvalue weighted by atomic mass is 16.3. The maximum atomic E-state index is 12.3. The van der Waals surface area contributed by atoms with Crippen molar-refractivity contribution in [2.75, 3.05) is 0 Å². The topological polar surface area (TPSA) is 101 Å². The third kappa shape index (κ3) is 13.0. The second-order valence-electron chi connectivity index (χ2n) is 7.22. The van der Waals surface area contributed by atoms with Crippen LogP contribution in [0, 0.1) is 5.92 Å². The Kier molecular flexibility index (Phi) is 12.7. The Balaban J connectivity index is 0.00000165. The van der Waals surface area contributed by atoms with E-state index in [1.807, 2.05) is 51.2 Å². The SMILES string of the molecule is CC(N)=O.CC1=C\CC(O)/C=C/C(C)=C/C[C@@H](C)C(=O)/C(C)=C/CC(O)\C=C\1. The number of primary amides is 1. The van der Waals surface area contributed by atoms with Gasteiger partial charge in [-0.05, 0) is 45.6 Å². The second-order valence-corrected chi connectivity index (χ2v) is 7.22. The fraction of sp³-hybridized carbons (Fsp3) is 0.478. The number of Topliss-reactive ketones (excluding diaryl/α,β-unsaturated/α-hetero) is 1. The van der Waals surface area contributed by atoms with Crippen LogP contribution in [-0.2, 0) is 9.59 Å². The first-order valence-electron chi connectivity index (χ1n) is 9.56. The average molecular weight is 390 g/mol. The second kappa shape index (κ2) is 13.9. The summed E-state index contributed by atoms with van der Waals surface area (Å²) >= 11 is 0. The van der Waals surface area contributed by atoms with Gasteiger partial charge in [0.1, 0.15) is 0 Å². The molecule has 0 aromatic carbocycles. The van der Waals surface area contributed by atoms with Crippen molar-refractivity contribution in [2.45, 2.75) is 66.1 Å². The molecular weight excluding hydrogens is 354 g/mol. The lowest BCUT2D eigenvalue weighted by atomic mass is 9.95. The number of nitrogens with two attached hydrogens (primary N) is 1. The summed E-state index contributed by atoms with van der Waals surface area (Å²) in [5.41, 5.74) is 7.20. The van der Waals surface area contributed by atoms with E-state index >= 15 is 0 Å². The molecule has 4 N–H and O–H groups in total. The molecule has 156 valence electrons. The summed E-state index contributed by atoms with van der Waals surface area (Å²) in [4.78, 5) is 21.6. The molecule has 0 fully saturated rings. The molecule has 5 heteroatoms. The molecule has 28 heavy (non-hydrogen) atoms. The molecule has 5 nitrogen and oxygen atoms in total. The molecule has 0 saturated heterocycles. The van der Waals surface area contributed by atoms with Gasteiger partial charge in [-0.15, -0.1) is 0 Å². The molecule has 1 rings (SSSR count). The summed E-state index contributed by atoms with van der Waals surface area (Å²) in [6.45, 7) is 8.93. The van der Waals surface area contributed by atoms with Crippen molar-refractivity contribution in [2.24, 2.45) is 11.7 Å². The molecular formula is C23H35NO4. The number of ketones is 1. The van der Waals surface area contributed by atoms with Crippen molar-refractivity contribution < 1.29 is 19.8 Å². The van der Waals surface area contributed by atoms with Gasteiger partial charge in [-0.3, -0.25) is 9.59 Å². The summed E-state index contributed by atoms with van der Waals surface area (Å²) in [7, 11) is 0. The number of hydrogen-bond acceptors (Lipinski definition) is 4. The first kappa shape index (κ1) is 25.8. The van der Waals surface area contributed by atoms with Gasteiger partial charge < -0.3 is 15.9 Å². The largest absolute Gasteiger partial charge is 0.389 e. The Hall–Kier alpha value is -2.24. The number of aliphatic hydroxyl groups is 2. The van der Waals surface area contributed by atoms with Crippen LogP contribution in [0.4, 0.5) is 0 Å². The summed E-state index contributed by atoms with van der Waals surface area (Å²) in [6.07, 6.45) is 13.5. The smallest absolute Gasteiger partial charge is 0.214 e. The molecule has 0 aromatic rings. The van der Waals surface area contributed by atoms with E-state index in [0.29, 0.717) is 24.8 Å². The predicted octanol–water partition coefficient (Wildman–Crippen LogP) is 3.54. The highest BCUT2D eigenvalue weighted by Crippen LogP contribution is 2.15. The number of hydrogen-bond donors (Lipinski definition) is 3. The Labute approximate surface area is 169 Å². The number of carbonyl (C=O) groups is 2. The summed E-state index contributed by atoms with van der Waals surface area (Å²) in [6, 6.07) is 0. The van der Waals surface area contributed by atoms with Gasteiger partial charge in [0.2, 0.25) is 5.91 Å². The molecule has 3 atom stereocenters. The van der Waals surface area contributed by atoms with E-state index < -0.39 is 12.2 Å². The maximum Gasteiger partial charge on any atom is 0.214 e. The van der Waals surface area contributed by atoms with Crippen molar-refractivity contribution in [3.05, 3.63) is 59.3 Å². The van der Waals surface area contributed by atoms with E-state index in [1.165, 1.54) is 6.92 Å². The zero-order chi connectivity index (χ0) is 21.7. The fourth-order valence-corrected chi connectivity index (χ4v) is 2.38. The minimum atomic E-state index is -0.617. The van der Waals surface area contributed by atoms with Gasteiger partial charge in [0.15, 0.2) is 5.78 Å². The number of aliphatic hydroxyl groups excluding tert-OH is 2. The van der Waals surface area contributed by atoms with Gasteiger partial charge >= 0.3 is 0 Å². The molecule has 0 bridgehead atoms. The lowest BCUT2D eigenvalue weighted by Gasteiger charge is -2.09. The highest BCUT2D eigenvalue weighted by molar-refractivity contribution is 5.96. The monoisotopic (exact) mass is 389 g/mol. The Morgan fingerprint density at radius 1 is 0.929 bits per heavy atom. The molecule has 2 unspecified atom stereocenters. The maximum absolute atomic E-state index is 12.3. The lowest BCUT2D eigenvalue weighted by Crippen LogP contribution is -2.12. The van der Waals surface area contributed by atoms with Crippen LogP contribution in [0.3, 0.4) is 0 Å². The Morgan fingerprint density at radius 2 is 1.32 bits per heavy atom. The number of carbonyl (C=O) groups excluding carboxylic acids is 2. The first-order valence-corrected chi connectivity index (χ1v) is 9.56. The molecule has 1 amide bonds. The number of rotatable bonds is 0. The van der Waals surface area contributed by atoms with Crippen molar-refractivity contribution in [3.8, 4) is 0 Å². The highest BCUT2D eigenvalue weighted by Gasteiger charge is 2.13. The number of allylic oxidation sites excluding steroid dienone is 6. The zero-order valence-electron chi connectivity index (χ0n) is 17.7. The summed E-state index contributed by atoms with van der Waals surface area (Å²) in [5, 5.41) is 20.0. The fourth-order valence-electron chi connectivity index (χ4n) is 2.38. The van der Waals surface area contributed by atoms with Crippen LogP contribution in [0.25, 0.3) is 0 Å². The molecule has 0 saturated carbocycles. The van der Waals surface area contributed by atoms with Gasteiger partial charge in [-0.1, -0.05) is 60.6 Å². The normalized spacial score (nSPS) is 32.8. The van der Waals surface area contributed by atoms with Crippen LogP contribution in [0.15, 0.2) is 59.3 Å². The average Bonchev–Trinajstić information content (AvgIpc) is 2.63. The zero-order valence-corrected chi connectivity index (χ0v) is 17.7. The van der Waals surface area contributed by atoms with E-state index in [-0.39, 0.29) is 17.6 Å². The van der Waals surface area contributed by atoms with Crippen LogP contribution in [-0.4, -0.2) is 34.1 Å². The Morgan fingerprint density at radius 3 is 1.79 bits per heavy atom. The first-order chi connectivity index (χ1) is 13.0. The minimum absolute atomic E-state index is 0.0956. The molecule has 0 aromatic heterocycles. The van der Waals surface area contributed by atoms with E-state index in [4.69, 9.17) is 0 Å². The summed E-state index contributed by atoms with van der Waals surface area (Å²) < 4.78 is 0. The van der Waals surface area contributed by atoms with Crippen LogP contribution in [0.5, 0.6) is 0 Å². The summed E-state index contributed by atoms with van der Waals surface area (Å²) in [5.74, 6) is -0.318. The molecule has 1 aliphatic carbocycles. The van der Waals surface area contributed by atoms with Gasteiger partial charge in [0.05, 0.1) is 12.2 Å². The molecule has 0 heterocycles. The molecule has 0 radical (unpaired) electrons. The third-order valence-electron chi connectivity index (χ3n) is 4.14. The van der Waals surface area contributed by atoms with E-state index in [9.17, 15) is 19.8 Å². The molecule has 0 aliphatic heterocycles.